The Kier molecular flexibility index (Phi) is 4.93. The van der Waals surface area contributed by atoms with E-state index >= 15 is 0 Å². The average molecular weight is 416 g/mol. The van der Waals surface area contributed by atoms with Gasteiger partial charge in [0.1, 0.15) is 0 Å². The first-order valence-electron chi connectivity index (χ1n) is 10.4. The van der Waals surface area contributed by atoms with Crippen LogP contribution in [-0.2, 0) is 17.8 Å². The fourth-order valence-electron chi connectivity index (χ4n) is 4.61. The maximum absolute atomic E-state index is 11.4. The number of aromatic nitrogens is 1. The summed E-state index contributed by atoms with van der Waals surface area (Å²) in [7, 11) is 0. The highest BCUT2D eigenvalue weighted by Crippen LogP contribution is 2.40. The van der Waals surface area contributed by atoms with Gasteiger partial charge in [-0.05, 0) is 48.2 Å². The van der Waals surface area contributed by atoms with Gasteiger partial charge < -0.3 is 10.3 Å². The van der Waals surface area contributed by atoms with Gasteiger partial charge in [0.2, 0.25) is 5.91 Å². The van der Waals surface area contributed by atoms with E-state index in [9.17, 15) is 4.79 Å². The Morgan fingerprint density at radius 1 is 1.13 bits per heavy atom. The SMILES string of the molecule is CC(=O)Nc1ccc(CN2CCc3c([nH]c4ccccc34)C2c2ccccc2C)s1. The van der Waals surface area contributed by atoms with Crippen molar-refractivity contribution in [2.45, 2.75) is 32.9 Å². The van der Waals surface area contributed by atoms with Crippen LogP contribution in [0.5, 0.6) is 0 Å². The number of nitrogens with zero attached hydrogens (tertiary/aromatic N) is 1. The number of nitrogens with one attached hydrogen (secondary N) is 2. The van der Waals surface area contributed by atoms with E-state index in [-0.39, 0.29) is 11.9 Å². The molecule has 1 aliphatic heterocycles. The number of thiophene rings is 1. The van der Waals surface area contributed by atoms with E-state index < -0.39 is 0 Å². The molecule has 5 heteroatoms. The van der Waals surface area contributed by atoms with Crippen LogP contribution >= 0.6 is 11.3 Å². The summed E-state index contributed by atoms with van der Waals surface area (Å²) >= 11 is 1.66. The highest BCUT2D eigenvalue weighted by molar-refractivity contribution is 7.16. The molecule has 1 amide bonds. The van der Waals surface area contributed by atoms with Crippen LogP contribution in [-0.4, -0.2) is 22.3 Å². The molecule has 0 saturated heterocycles. The smallest absolute Gasteiger partial charge is 0.221 e. The van der Waals surface area contributed by atoms with Gasteiger partial charge in [0, 0.05) is 41.5 Å². The van der Waals surface area contributed by atoms with Crippen molar-refractivity contribution in [3.63, 3.8) is 0 Å². The number of H-pyrrole nitrogens is 1. The third kappa shape index (κ3) is 3.44. The van der Waals surface area contributed by atoms with E-state index in [1.165, 1.54) is 38.2 Å². The predicted molar refractivity (Wildman–Crippen MR) is 124 cm³/mol. The number of hydrogen-bond acceptors (Lipinski definition) is 3. The first kappa shape index (κ1) is 19.1. The van der Waals surface area contributed by atoms with E-state index in [1.807, 2.05) is 6.07 Å². The Labute approximate surface area is 180 Å². The second-order valence-electron chi connectivity index (χ2n) is 7.99. The monoisotopic (exact) mass is 415 g/mol. The lowest BCUT2D eigenvalue weighted by Crippen LogP contribution is -2.35. The summed E-state index contributed by atoms with van der Waals surface area (Å²) in [5.41, 5.74) is 6.63. The molecule has 0 fully saturated rings. The third-order valence-corrected chi connectivity index (χ3v) is 6.92. The van der Waals surface area contributed by atoms with E-state index in [4.69, 9.17) is 0 Å². The zero-order valence-electron chi connectivity index (χ0n) is 17.2. The number of aromatic amines is 1. The maximum Gasteiger partial charge on any atom is 0.221 e. The Hall–Kier alpha value is -2.89. The number of aryl methyl sites for hydroxylation is 1. The van der Waals surface area contributed by atoms with Crippen molar-refractivity contribution in [3.05, 3.63) is 87.9 Å². The molecule has 0 bridgehead atoms. The predicted octanol–water partition coefficient (Wildman–Crippen LogP) is 5.64. The standard InChI is InChI=1S/C25H25N3OS/c1-16-7-3-4-8-19(16)25-24-21(20-9-5-6-10-22(20)27-24)13-14-28(25)15-18-11-12-23(30-18)26-17(2)29/h3-12,25,27H,13-15H2,1-2H3,(H,26,29). The summed E-state index contributed by atoms with van der Waals surface area (Å²) < 4.78 is 0. The van der Waals surface area contributed by atoms with Gasteiger partial charge in [0.05, 0.1) is 11.0 Å². The summed E-state index contributed by atoms with van der Waals surface area (Å²) in [6.45, 7) is 5.61. The van der Waals surface area contributed by atoms with Gasteiger partial charge in [-0.25, -0.2) is 0 Å². The first-order valence-corrected chi connectivity index (χ1v) is 11.2. The van der Waals surface area contributed by atoms with Crippen molar-refractivity contribution < 1.29 is 4.79 Å². The molecule has 1 unspecified atom stereocenters. The minimum atomic E-state index is -0.0260. The van der Waals surface area contributed by atoms with Gasteiger partial charge in [-0.1, -0.05) is 42.5 Å². The number of fused-ring (bicyclic) bond motifs is 3. The van der Waals surface area contributed by atoms with E-state index in [2.05, 4.69) is 76.7 Å². The van der Waals surface area contributed by atoms with Crippen LogP contribution < -0.4 is 5.32 Å². The third-order valence-electron chi connectivity index (χ3n) is 5.94. The molecule has 4 nitrogen and oxygen atoms in total. The molecule has 152 valence electrons. The molecule has 1 aliphatic rings. The van der Waals surface area contributed by atoms with Crippen LogP contribution in [0.2, 0.25) is 0 Å². The van der Waals surface area contributed by atoms with Crippen LogP contribution in [0.15, 0.2) is 60.7 Å². The lowest BCUT2D eigenvalue weighted by molar-refractivity contribution is -0.114. The quantitative estimate of drug-likeness (QED) is 0.453. The topological polar surface area (TPSA) is 48.1 Å². The van der Waals surface area contributed by atoms with E-state index in [0.29, 0.717) is 0 Å². The minimum Gasteiger partial charge on any atom is -0.357 e. The zero-order valence-corrected chi connectivity index (χ0v) is 18.1. The van der Waals surface area contributed by atoms with Gasteiger partial charge in [-0.2, -0.15) is 0 Å². The normalized spacial score (nSPS) is 16.5. The van der Waals surface area contributed by atoms with Crippen molar-refractivity contribution in [2.75, 3.05) is 11.9 Å². The second-order valence-corrected chi connectivity index (χ2v) is 9.16. The Morgan fingerprint density at radius 3 is 2.77 bits per heavy atom. The molecule has 2 aromatic heterocycles. The Morgan fingerprint density at radius 2 is 1.93 bits per heavy atom. The molecule has 2 aromatic carbocycles. The van der Waals surface area contributed by atoms with E-state index in [0.717, 1.165) is 24.5 Å². The maximum atomic E-state index is 11.4. The molecule has 30 heavy (non-hydrogen) atoms. The summed E-state index contributed by atoms with van der Waals surface area (Å²) in [5.74, 6) is -0.0260. The van der Waals surface area contributed by atoms with Crippen LogP contribution in [0.4, 0.5) is 5.00 Å². The molecule has 0 spiro atoms. The molecule has 4 aromatic rings. The first-order chi connectivity index (χ1) is 14.6. The molecular weight excluding hydrogens is 390 g/mol. The van der Waals surface area contributed by atoms with Crippen molar-refractivity contribution in [1.82, 2.24) is 9.88 Å². The average Bonchev–Trinajstić information content (AvgIpc) is 3.32. The molecule has 3 heterocycles. The largest absolute Gasteiger partial charge is 0.357 e. The van der Waals surface area contributed by atoms with Gasteiger partial charge in [0.25, 0.3) is 0 Å². The molecule has 5 rings (SSSR count). The number of para-hydroxylation sites is 1. The van der Waals surface area contributed by atoms with Gasteiger partial charge in [-0.3, -0.25) is 9.69 Å². The number of carbonyl (C=O) groups excluding carboxylic acids is 1. The Bertz CT molecular complexity index is 1220. The highest BCUT2D eigenvalue weighted by Gasteiger charge is 2.32. The van der Waals surface area contributed by atoms with Crippen molar-refractivity contribution in [3.8, 4) is 0 Å². The number of hydrogen-bond donors (Lipinski definition) is 2. The summed E-state index contributed by atoms with van der Waals surface area (Å²) in [6.07, 6.45) is 1.03. The molecule has 2 N–H and O–H groups in total. The van der Waals surface area contributed by atoms with Crippen LogP contribution in [0.3, 0.4) is 0 Å². The van der Waals surface area contributed by atoms with Crippen LogP contribution in [0.25, 0.3) is 10.9 Å². The van der Waals surface area contributed by atoms with E-state index in [1.54, 1.807) is 18.3 Å². The number of carbonyl (C=O) groups is 1. The molecule has 0 radical (unpaired) electrons. The molecule has 1 atom stereocenters. The van der Waals surface area contributed by atoms with Gasteiger partial charge in [0.15, 0.2) is 0 Å². The number of rotatable bonds is 4. The lowest BCUT2D eigenvalue weighted by Gasteiger charge is -2.36. The Balaban J connectivity index is 1.56. The fourth-order valence-corrected chi connectivity index (χ4v) is 5.59. The zero-order chi connectivity index (χ0) is 20.7. The van der Waals surface area contributed by atoms with Crippen molar-refractivity contribution in [2.24, 2.45) is 0 Å². The summed E-state index contributed by atoms with van der Waals surface area (Å²) in [5, 5.41) is 5.16. The van der Waals surface area contributed by atoms with Crippen LogP contribution in [0.1, 0.15) is 40.2 Å². The van der Waals surface area contributed by atoms with Gasteiger partial charge in [-0.15, -0.1) is 11.3 Å². The molecular formula is C25H25N3OS. The highest BCUT2D eigenvalue weighted by atomic mass is 32.1. The fraction of sp³-hybridized carbons (Fsp3) is 0.240. The number of benzene rings is 2. The minimum absolute atomic E-state index is 0.0260. The molecule has 0 saturated carbocycles. The molecule has 0 aliphatic carbocycles. The summed E-state index contributed by atoms with van der Waals surface area (Å²) in [4.78, 5) is 19.0. The number of anilines is 1. The second kappa shape index (κ2) is 7.74. The van der Waals surface area contributed by atoms with Crippen molar-refractivity contribution >= 4 is 33.1 Å². The van der Waals surface area contributed by atoms with Crippen LogP contribution in [0, 0.1) is 6.92 Å². The number of amides is 1. The summed E-state index contributed by atoms with van der Waals surface area (Å²) in [6, 6.07) is 21.6. The van der Waals surface area contributed by atoms with Crippen molar-refractivity contribution in [1.29, 1.82) is 0 Å². The van der Waals surface area contributed by atoms with Gasteiger partial charge >= 0.3 is 0 Å². The lowest BCUT2D eigenvalue weighted by atomic mass is 9.90.